The maximum atomic E-state index is 13.9. The Kier molecular flexibility index (Phi) is 14.7. The van der Waals surface area contributed by atoms with E-state index < -0.39 is 47.7 Å². The van der Waals surface area contributed by atoms with Gasteiger partial charge in [-0.25, -0.2) is 4.79 Å². The van der Waals surface area contributed by atoms with E-state index in [-0.39, 0.29) is 62.2 Å². The molecule has 1 aliphatic rings. The van der Waals surface area contributed by atoms with E-state index in [1.54, 1.807) is 0 Å². The fourth-order valence-corrected chi connectivity index (χ4v) is 6.13. The Morgan fingerprint density at radius 2 is 1.48 bits per heavy atom. The van der Waals surface area contributed by atoms with Gasteiger partial charge in [-0.2, -0.15) is 0 Å². The van der Waals surface area contributed by atoms with Gasteiger partial charge in [-0.3, -0.25) is 24.2 Å². The molecule has 0 saturated carbocycles. The molecular formula is C36H50N6O6. The molecule has 2 aromatic rings. The molecule has 3 rings (SSSR count). The average molecular weight is 663 g/mol. The lowest BCUT2D eigenvalue weighted by Gasteiger charge is -2.28. The SMILES string of the molecule is CC(C)C[C@@H](NC(=O)[C@H](CC(=O)[C@H](N)Cc1ccccc1)Cc1ccccc1)C(=O)C[C@H](CCN=C(N)N)C(=O)N1CCC[C@H]1C(=O)O. The summed E-state index contributed by atoms with van der Waals surface area (Å²) >= 11 is 0. The van der Waals surface area contributed by atoms with Gasteiger partial charge < -0.3 is 32.5 Å². The standard InChI is InChI=1S/C36H50N6O6/c1-23(2)18-29(32(44)21-26(15-16-40-36(38)39)34(46)42-17-9-14-30(42)35(47)48)41-33(45)27(19-24-10-5-3-6-11-24)22-31(43)28(37)20-25-12-7-4-8-13-25/h3-8,10-13,23,26-30H,9,14-22,37H2,1-2H3,(H,41,45)(H,47,48)(H4,38,39,40)/t26-,27-,28+,29+,30-/m0/s1. The largest absolute Gasteiger partial charge is 0.480 e. The van der Waals surface area contributed by atoms with Gasteiger partial charge in [0, 0.05) is 37.8 Å². The van der Waals surface area contributed by atoms with Crippen molar-refractivity contribution in [2.75, 3.05) is 13.1 Å². The predicted octanol–water partition coefficient (Wildman–Crippen LogP) is 2.22. The topological polar surface area (TPSA) is 211 Å². The van der Waals surface area contributed by atoms with Gasteiger partial charge in [0.25, 0.3) is 0 Å². The van der Waals surface area contributed by atoms with E-state index >= 15 is 0 Å². The number of carboxylic acids is 1. The fraction of sp³-hybridized carbons (Fsp3) is 0.500. The fourth-order valence-electron chi connectivity index (χ4n) is 6.13. The summed E-state index contributed by atoms with van der Waals surface area (Å²) in [6.45, 7) is 4.19. The molecule has 0 aliphatic carbocycles. The van der Waals surface area contributed by atoms with Crippen LogP contribution in [0.2, 0.25) is 0 Å². The summed E-state index contributed by atoms with van der Waals surface area (Å²) in [6.07, 6.45) is 1.57. The third kappa shape index (κ3) is 11.9. The molecular weight excluding hydrogens is 612 g/mol. The van der Waals surface area contributed by atoms with Crippen LogP contribution in [0.1, 0.15) is 63.5 Å². The second kappa shape index (κ2) is 18.7. The molecule has 260 valence electrons. The number of aliphatic carboxylic acids is 1. The van der Waals surface area contributed by atoms with E-state index in [0.29, 0.717) is 25.7 Å². The van der Waals surface area contributed by atoms with E-state index in [1.807, 2.05) is 74.5 Å². The van der Waals surface area contributed by atoms with E-state index in [1.165, 1.54) is 4.90 Å². The molecule has 0 unspecified atom stereocenters. The van der Waals surface area contributed by atoms with E-state index in [0.717, 1.165) is 11.1 Å². The maximum Gasteiger partial charge on any atom is 0.326 e. The maximum absolute atomic E-state index is 13.9. The Bertz CT molecular complexity index is 1410. The molecule has 48 heavy (non-hydrogen) atoms. The van der Waals surface area contributed by atoms with E-state index in [9.17, 15) is 29.1 Å². The first kappa shape index (κ1) is 37.9. The van der Waals surface area contributed by atoms with Gasteiger partial charge in [-0.1, -0.05) is 74.5 Å². The number of Topliss-reactive ketones (excluding diaryl/α,β-unsaturated/α-hetero) is 2. The van der Waals surface area contributed by atoms with Crippen molar-refractivity contribution in [3.63, 3.8) is 0 Å². The molecule has 2 amide bonds. The highest BCUT2D eigenvalue weighted by Crippen LogP contribution is 2.25. The van der Waals surface area contributed by atoms with Crippen LogP contribution in [-0.2, 0) is 36.8 Å². The summed E-state index contributed by atoms with van der Waals surface area (Å²) in [7, 11) is 0. The molecule has 1 heterocycles. The minimum atomic E-state index is -1.09. The number of guanidine groups is 1. The molecule has 2 aromatic carbocycles. The molecule has 5 atom stereocenters. The van der Waals surface area contributed by atoms with Gasteiger partial charge in [0.15, 0.2) is 17.5 Å². The first-order chi connectivity index (χ1) is 22.8. The highest BCUT2D eigenvalue weighted by Gasteiger charge is 2.39. The molecule has 1 saturated heterocycles. The highest BCUT2D eigenvalue weighted by molar-refractivity contribution is 5.95. The molecule has 0 aromatic heterocycles. The van der Waals surface area contributed by atoms with Gasteiger partial charge in [0.1, 0.15) is 6.04 Å². The Labute approximate surface area is 282 Å². The lowest BCUT2D eigenvalue weighted by atomic mass is 9.88. The average Bonchev–Trinajstić information content (AvgIpc) is 3.54. The molecule has 8 N–H and O–H groups in total. The number of hydrogen-bond acceptors (Lipinski definition) is 7. The number of benzene rings is 2. The number of amides is 2. The second-order valence-corrected chi connectivity index (χ2v) is 13.0. The summed E-state index contributed by atoms with van der Waals surface area (Å²) in [6, 6.07) is 16.0. The number of likely N-dealkylation sites (tertiary alicyclic amines) is 1. The van der Waals surface area contributed by atoms with Crippen molar-refractivity contribution >= 4 is 35.3 Å². The zero-order valence-electron chi connectivity index (χ0n) is 27.9. The second-order valence-electron chi connectivity index (χ2n) is 13.0. The van der Waals surface area contributed by atoms with Gasteiger partial charge in [-0.05, 0) is 55.6 Å². The van der Waals surface area contributed by atoms with Crippen molar-refractivity contribution < 1.29 is 29.1 Å². The highest BCUT2D eigenvalue weighted by atomic mass is 16.4. The van der Waals surface area contributed by atoms with Crippen LogP contribution >= 0.6 is 0 Å². The molecule has 0 radical (unpaired) electrons. The Balaban J connectivity index is 1.81. The smallest absolute Gasteiger partial charge is 0.326 e. The Hall–Kier alpha value is -4.58. The predicted molar refractivity (Wildman–Crippen MR) is 184 cm³/mol. The number of ketones is 2. The van der Waals surface area contributed by atoms with Crippen molar-refractivity contribution in [3.05, 3.63) is 71.8 Å². The Morgan fingerprint density at radius 3 is 2.04 bits per heavy atom. The summed E-state index contributed by atoms with van der Waals surface area (Å²) in [5.41, 5.74) is 19.0. The molecule has 1 aliphatic heterocycles. The summed E-state index contributed by atoms with van der Waals surface area (Å²) in [5, 5.41) is 12.6. The molecule has 12 nitrogen and oxygen atoms in total. The van der Waals surface area contributed by atoms with Crippen LogP contribution < -0.4 is 22.5 Å². The van der Waals surface area contributed by atoms with Crippen molar-refractivity contribution in [2.45, 2.75) is 83.3 Å². The first-order valence-electron chi connectivity index (χ1n) is 16.6. The third-order valence-electron chi connectivity index (χ3n) is 8.66. The lowest BCUT2D eigenvalue weighted by molar-refractivity contribution is -0.150. The lowest BCUT2D eigenvalue weighted by Crippen LogP contribution is -2.48. The molecule has 0 bridgehead atoms. The Morgan fingerprint density at radius 1 is 0.896 bits per heavy atom. The summed E-state index contributed by atoms with van der Waals surface area (Å²) in [5.74, 6) is -4.44. The van der Waals surface area contributed by atoms with Crippen LogP contribution in [0.25, 0.3) is 0 Å². The number of aliphatic imine (C=N–C) groups is 1. The number of hydrogen-bond donors (Lipinski definition) is 5. The summed E-state index contributed by atoms with van der Waals surface area (Å²) in [4.78, 5) is 71.9. The van der Waals surface area contributed by atoms with Gasteiger partial charge in [0.05, 0.1) is 12.1 Å². The number of carboxylic acid groups (broad SMARTS) is 1. The first-order valence-corrected chi connectivity index (χ1v) is 16.6. The zero-order valence-corrected chi connectivity index (χ0v) is 27.9. The summed E-state index contributed by atoms with van der Waals surface area (Å²) < 4.78 is 0. The van der Waals surface area contributed by atoms with Crippen molar-refractivity contribution in [3.8, 4) is 0 Å². The van der Waals surface area contributed by atoms with Crippen molar-refractivity contribution in [1.29, 1.82) is 0 Å². The van der Waals surface area contributed by atoms with E-state index in [4.69, 9.17) is 17.2 Å². The zero-order chi connectivity index (χ0) is 35.2. The number of nitrogens with zero attached hydrogens (tertiary/aromatic N) is 2. The van der Waals surface area contributed by atoms with Crippen LogP contribution in [0.4, 0.5) is 0 Å². The molecule has 1 fully saturated rings. The number of carbonyl (C=O) groups excluding carboxylic acids is 4. The van der Waals surface area contributed by atoms with Crippen LogP contribution in [-0.4, -0.2) is 76.5 Å². The normalized spacial score (nSPS) is 16.8. The van der Waals surface area contributed by atoms with Crippen LogP contribution in [0.3, 0.4) is 0 Å². The monoisotopic (exact) mass is 662 g/mol. The van der Waals surface area contributed by atoms with Crippen molar-refractivity contribution in [1.82, 2.24) is 10.2 Å². The molecule has 0 spiro atoms. The quantitative estimate of drug-likeness (QED) is 0.110. The number of nitrogens with one attached hydrogen (secondary N) is 1. The van der Waals surface area contributed by atoms with Crippen LogP contribution in [0.5, 0.6) is 0 Å². The van der Waals surface area contributed by atoms with Crippen LogP contribution in [0, 0.1) is 17.8 Å². The minimum Gasteiger partial charge on any atom is -0.480 e. The van der Waals surface area contributed by atoms with Crippen molar-refractivity contribution in [2.24, 2.45) is 39.9 Å². The molecule has 12 heteroatoms. The number of nitrogens with two attached hydrogens (primary N) is 3. The number of carbonyl (C=O) groups is 5. The van der Waals surface area contributed by atoms with Gasteiger partial charge >= 0.3 is 5.97 Å². The van der Waals surface area contributed by atoms with Crippen LogP contribution in [0.15, 0.2) is 65.7 Å². The van der Waals surface area contributed by atoms with E-state index in [2.05, 4.69) is 10.3 Å². The number of rotatable bonds is 19. The third-order valence-corrected chi connectivity index (χ3v) is 8.66. The van der Waals surface area contributed by atoms with Gasteiger partial charge in [-0.15, -0.1) is 0 Å². The minimum absolute atomic E-state index is 0.0125. The van der Waals surface area contributed by atoms with Gasteiger partial charge in [0.2, 0.25) is 11.8 Å².